The van der Waals surface area contributed by atoms with Crippen LogP contribution in [0.3, 0.4) is 0 Å². The van der Waals surface area contributed by atoms with Crippen LogP contribution in [0.5, 0.6) is 0 Å². The highest BCUT2D eigenvalue weighted by molar-refractivity contribution is 5.78. The Kier molecular flexibility index (Phi) is 7.96. The van der Waals surface area contributed by atoms with Crippen LogP contribution in [0.2, 0.25) is 0 Å². The summed E-state index contributed by atoms with van der Waals surface area (Å²) in [5, 5.41) is 3.08. The minimum Gasteiger partial charge on any atom is -0.356 e. The zero-order valence-corrected chi connectivity index (χ0v) is 16.1. The van der Waals surface area contributed by atoms with E-state index < -0.39 is 0 Å². The number of unbranched alkanes of at least 4 members (excludes halogenated alkanes) is 2. The molecule has 0 saturated heterocycles. The third-order valence-electron chi connectivity index (χ3n) is 4.95. The standard InChI is InChI=1S/C21H33N3O/c1-4-7-10-16-24-19-13-9-8-12-18(19)23-20(24)14-11-15-22-21(25)17(5-2)6-3/h8-9,12-13,17H,4-7,10-11,14-16H2,1-3H3,(H,22,25). The molecule has 0 aliphatic carbocycles. The van der Waals surface area contributed by atoms with Crippen LogP contribution in [0, 0.1) is 5.92 Å². The lowest BCUT2D eigenvalue weighted by Crippen LogP contribution is -2.31. The number of aromatic nitrogens is 2. The summed E-state index contributed by atoms with van der Waals surface area (Å²) in [5.74, 6) is 1.49. The normalized spacial score (nSPS) is 11.4. The maximum atomic E-state index is 12.1. The number of benzene rings is 1. The Balaban J connectivity index is 1.95. The van der Waals surface area contributed by atoms with E-state index in [0.29, 0.717) is 0 Å². The monoisotopic (exact) mass is 343 g/mol. The van der Waals surface area contributed by atoms with Crippen molar-refractivity contribution in [2.45, 2.75) is 72.3 Å². The molecule has 0 fully saturated rings. The number of carbonyl (C=O) groups is 1. The third-order valence-corrected chi connectivity index (χ3v) is 4.95. The van der Waals surface area contributed by atoms with Gasteiger partial charge in [-0.3, -0.25) is 4.79 Å². The van der Waals surface area contributed by atoms with Crippen molar-refractivity contribution in [3.05, 3.63) is 30.1 Å². The lowest BCUT2D eigenvalue weighted by molar-refractivity contribution is -0.125. The number of nitrogens with zero attached hydrogens (tertiary/aromatic N) is 2. The fourth-order valence-electron chi connectivity index (χ4n) is 3.35. The fourth-order valence-corrected chi connectivity index (χ4v) is 3.35. The van der Waals surface area contributed by atoms with Crippen molar-refractivity contribution < 1.29 is 4.79 Å². The molecule has 138 valence electrons. The van der Waals surface area contributed by atoms with Gasteiger partial charge in [0.25, 0.3) is 0 Å². The molecular formula is C21H33N3O. The van der Waals surface area contributed by atoms with Crippen molar-refractivity contribution in [1.29, 1.82) is 0 Å². The first kappa shape index (κ1) is 19.5. The van der Waals surface area contributed by atoms with Crippen LogP contribution < -0.4 is 5.32 Å². The average molecular weight is 344 g/mol. The van der Waals surface area contributed by atoms with Gasteiger partial charge in [0.2, 0.25) is 5.91 Å². The van der Waals surface area contributed by atoms with Gasteiger partial charge in [-0.15, -0.1) is 0 Å². The topological polar surface area (TPSA) is 46.9 Å². The van der Waals surface area contributed by atoms with Crippen molar-refractivity contribution in [2.24, 2.45) is 5.92 Å². The van der Waals surface area contributed by atoms with Crippen LogP contribution in [0.15, 0.2) is 24.3 Å². The smallest absolute Gasteiger partial charge is 0.223 e. The number of fused-ring (bicyclic) bond motifs is 1. The van der Waals surface area contributed by atoms with Gasteiger partial charge in [0.15, 0.2) is 0 Å². The van der Waals surface area contributed by atoms with Gasteiger partial charge in [0.05, 0.1) is 11.0 Å². The highest BCUT2D eigenvalue weighted by Crippen LogP contribution is 2.18. The summed E-state index contributed by atoms with van der Waals surface area (Å²) in [7, 11) is 0. The highest BCUT2D eigenvalue weighted by Gasteiger charge is 2.14. The molecule has 0 bridgehead atoms. The maximum Gasteiger partial charge on any atom is 0.223 e. The van der Waals surface area contributed by atoms with E-state index in [-0.39, 0.29) is 11.8 Å². The van der Waals surface area contributed by atoms with E-state index in [9.17, 15) is 4.79 Å². The van der Waals surface area contributed by atoms with E-state index in [1.165, 1.54) is 24.8 Å². The Morgan fingerprint density at radius 3 is 2.60 bits per heavy atom. The molecule has 1 aromatic heterocycles. The molecule has 25 heavy (non-hydrogen) atoms. The highest BCUT2D eigenvalue weighted by atomic mass is 16.1. The second-order valence-electron chi connectivity index (χ2n) is 6.78. The van der Waals surface area contributed by atoms with Crippen LogP contribution in [0.1, 0.15) is 65.1 Å². The van der Waals surface area contributed by atoms with Crippen molar-refractivity contribution in [3.63, 3.8) is 0 Å². The Hall–Kier alpha value is -1.84. The first-order valence-corrected chi connectivity index (χ1v) is 9.93. The molecule has 0 spiro atoms. The maximum absolute atomic E-state index is 12.1. The van der Waals surface area contributed by atoms with Gasteiger partial charge < -0.3 is 9.88 Å². The first-order valence-electron chi connectivity index (χ1n) is 9.93. The van der Waals surface area contributed by atoms with E-state index in [1.807, 2.05) is 6.07 Å². The molecule has 0 aliphatic heterocycles. The molecule has 1 aromatic carbocycles. The number of hydrogen-bond donors (Lipinski definition) is 1. The van der Waals surface area contributed by atoms with E-state index in [4.69, 9.17) is 4.98 Å². The quantitative estimate of drug-likeness (QED) is 0.601. The molecule has 4 heteroatoms. The summed E-state index contributed by atoms with van der Waals surface area (Å²) in [6.07, 6.45) is 7.33. The minimum atomic E-state index is 0.151. The number of amides is 1. The van der Waals surface area contributed by atoms with Gasteiger partial charge in [-0.2, -0.15) is 0 Å². The van der Waals surface area contributed by atoms with E-state index in [2.05, 4.69) is 48.9 Å². The fraction of sp³-hybridized carbons (Fsp3) is 0.619. The summed E-state index contributed by atoms with van der Waals surface area (Å²) in [6.45, 7) is 8.14. The summed E-state index contributed by atoms with van der Waals surface area (Å²) < 4.78 is 2.37. The molecule has 4 nitrogen and oxygen atoms in total. The molecule has 0 aliphatic rings. The Labute approximate surface area is 152 Å². The summed E-state index contributed by atoms with van der Waals surface area (Å²) >= 11 is 0. The predicted octanol–water partition coefficient (Wildman–Crippen LogP) is 4.71. The van der Waals surface area contributed by atoms with Crippen molar-refractivity contribution in [1.82, 2.24) is 14.9 Å². The minimum absolute atomic E-state index is 0.151. The second-order valence-corrected chi connectivity index (χ2v) is 6.78. The van der Waals surface area contributed by atoms with E-state index in [0.717, 1.165) is 50.1 Å². The van der Waals surface area contributed by atoms with E-state index >= 15 is 0 Å². The van der Waals surface area contributed by atoms with Gasteiger partial charge in [0.1, 0.15) is 5.82 Å². The number of carbonyl (C=O) groups excluding carboxylic acids is 1. The second kappa shape index (κ2) is 10.2. The number of aryl methyl sites for hydroxylation is 2. The number of rotatable bonds is 11. The van der Waals surface area contributed by atoms with Gasteiger partial charge in [-0.1, -0.05) is 45.7 Å². The predicted molar refractivity (Wildman–Crippen MR) is 105 cm³/mol. The third kappa shape index (κ3) is 5.32. The van der Waals surface area contributed by atoms with Crippen LogP contribution >= 0.6 is 0 Å². The zero-order valence-electron chi connectivity index (χ0n) is 16.1. The number of nitrogens with one attached hydrogen (secondary N) is 1. The molecule has 0 radical (unpaired) electrons. The average Bonchev–Trinajstić information content (AvgIpc) is 2.98. The molecular weight excluding hydrogens is 310 g/mol. The Morgan fingerprint density at radius 1 is 1.12 bits per heavy atom. The molecule has 0 atom stereocenters. The van der Waals surface area contributed by atoms with Crippen LogP contribution in [0.25, 0.3) is 11.0 Å². The Morgan fingerprint density at radius 2 is 1.88 bits per heavy atom. The zero-order chi connectivity index (χ0) is 18.1. The van der Waals surface area contributed by atoms with Crippen LogP contribution in [-0.2, 0) is 17.8 Å². The Bertz CT molecular complexity index is 658. The van der Waals surface area contributed by atoms with Gasteiger partial charge in [-0.05, 0) is 37.8 Å². The SMILES string of the molecule is CCCCCn1c(CCCNC(=O)C(CC)CC)nc2ccccc21. The van der Waals surface area contributed by atoms with Crippen molar-refractivity contribution >= 4 is 16.9 Å². The van der Waals surface area contributed by atoms with Crippen molar-refractivity contribution in [3.8, 4) is 0 Å². The summed E-state index contributed by atoms with van der Waals surface area (Å²) in [5.41, 5.74) is 2.31. The molecule has 0 saturated carbocycles. The lowest BCUT2D eigenvalue weighted by atomic mass is 10.0. The number of imidazole rings is 1. The molecule has 1 N–H and O–H groups in total. The summed E-state index contributed by atoms with van der Waals surface area (Å²) in [4.78, 5) is 16.9. The lowest BCUT2D eigenvalue weighted by Gasteiger charge is -2.13. The largest absolute Gasteiger partial charge is 0.356 e. The first-order chi connectivity index (χ1) is 12.2. The number of hydrogen-bond acceptors (Lipinski definition) is 2. The molecule has 1 heterocycles. The van der Waals surface area contributed by atoms with Gasteiger partial charge in [0, 0.05) is 25.4 Å². The van der Waals surface area contributed by atoms with Gasteiger partial charge in [-0.25, -0.2) is 4.98 Å². The number of para-hydroxylation sites is 2. The van der Waals surface area contributed by atoms with Crippen molar-refractivity contribution in [2.75, 3.05) is 6.54 Å². The van der Waals surface area contributed by atoms with Crippen LogP contribution in [0.4, 0.5) is 0 Å². The van der Waals surface area contributed by atoms with Crippen LogP contribution in [-0.4, -0.2) is 22.0 Å². The van der Waals surface area contributed by atoms with Gasteiger partial charge >= 0.3 is 0 Å². The van der Waals surface area contributed by atoms with E-state index in [1.54, 1.807) is 0 Å². The summed E-state index contributed by atoms with van der Waals surface area (Å²) in [6, 6.07) is 8.38. The molecule has 2 aromatic rings. The molecule has 0 unspecified atom stereocenters. The molecule has 1 amide bonds. The molecule has 2 rings (SSSR count).